The number of aliphatic carboxylic acids is 1. The standard InChI is InChI=1S/C16H29NO3/c1-12(2)11-16(9-4-5-10-16)15(20)17-13(3)7-6-8-14(18)19/h12-13H,4-11H2,1-3H3,(H,17,20)(H,18,19). The Balaban J connectivity index is 2.47. The molecule has 1 saturated carbocycles. The average Bonchev–Trinajstić information content (AvgIpc) is 2.77. The number of hydrogen-bond donors (Lipinski definition) is 2. The van der Waals surface area contributed by atoms with Crippen LogP contribution in [0.1, 0.15) is 72.1 Å². The van der Waals surface area contributed by atoms with E-state index in [9.17, 15) is 9.59 Å². The van der Waals surface area contributed by atoms with Crippen LogP contribution in [0.4, 0.5) is 0 Å². The van der Waals surface area contributed by atoms with E-state index in [0.29, 0.717) is 12.3 Å². The highest BCUT2D eigenvalue weighted by Crippen LogP contribution is 2.43. The third kappa shape index (κ3) is 5.14. The third-order valence-corrected chi connectivity index (χ3v) is 4.25. The van der Waals surface area contributed by atoms with Gasteiger partial charge in [-0.15, -0.1) is 0 Å². The first-order valence-electron chi connectivity index (χ1n) is 7.88. The SMILES string of the molecule is CC(C)CC1(C(=O)NC(C)CCCC(=O)O)CCCC1. The molecule has 0 aromatic heterocycles. The summed E-state index contributed by atoms with van der Waals surface area (Å²) in [5.74, 6) is -0.0525. The lowest BCUT2D eigenvalue weighted by atomic mass is 9.77. The van der Waals surface area contributed by atoms with Crippen molar-refractivity contribution in [3.63, 3.8) is 0 Å². The minimum atomic E-state index is -0.768. The van der Waals surface area contributed by atoms with E-state index in [1.54, 1.807) is 0 Å². The van der Waals surface area contributed by atoms with Gasteiger partial charge in [0, 0.05) is 17.9 Å². The smallest absolute Gasteiger partial charge is 0.303 e. The Bertz CT molecular complexity index is 333. The summed E-state index contributed by atoms with van der Waals surface area (Å²) in [6.45, 7) is 6.31. The summed E-state index contributed by atoms with van der Waals surface area (Å²) in [6.07, 6.45) is 6.78. The monoisotopic (exact) mass is 283 g/mol. The second kappa shape index (κ2) is 7.65. The lowest BCUT2D eigenvalue weighted by Gasteiger charge is -2.31. The minimum Gasteiger partial charge on any atom is -0.481 e. The molecule has 1 fully saturated rings. The summed E-state index contributed by atoms with van der Waals surface area (Å²) in [4.78, 5) is 23.1. The molecule has 1 unspecified atom stereocenters. The lowest BCUT2D eigenvalue weighted by molar-refractivity contribution is -0.137. The van der Waals surface area contributed by atoms with Crippen molar-refractivity contribution in [3.8, 4) is 0 Å². The Morgan fingerprint density at radius 1 is 1.20 bits per heavy atom. The summed E-state index contributed by atoms with van der Waals surface area (Å²) in [5, 5.41) is 11.7. The zero-order valence-electron chi connectivity index (χ0n) is 13.1. The van der Waals surface area contributed by atoms with Gasteiger partial charge in [0.15, 0.2) is 0 Å². The van der Waals surface area contributed by atoms with Crippen LogP contribution in [-0.4, -0.2) is 23.0 Å². The number of carboxylic acids is 1. The molecule has 2 N–H and O–H groups in total. The summed E-state index contributed by atoms with van der Waals surface area (Å²) < 4.78 is 0. The molecule has 0 aliphatic heterocycles. The van der Waals surface area contributed by atoms with Gasteiger partial charge in [-0.1, -0.05) is 26.7 Å². The Hall–Kier alpha value is -1.06. The average molecular weight is 283 g/mol. The maximum absolute atomic E-state index is 12.6. The van der Waals surface area contributed by atoms with Gasteiger partial charge in [0.05, 0.1) is 0 Å². The Morgan fingerprint density at radius 2 is 1.80 bits per heavy atom. The minimum absolute atomic E-state index is 0.0616. The Morgan fingerprint density at radius 3 is 2.30 bits per heavy atom. The molecule has 1 amide bonds. The van der Waals surface area contributed by atoms with E-state index in [0.717, 1.165) is 38.5 Å². The van der Waals surface area contributed by atoms with Crippen LogP contribution in [-0.2, 0) is 9.59 Å². The van der Waals surface area contributed by atoms with Gasteiger partial charge >= 0.3 is 5.97 Å². The van der Waals surface area contributed by atoms with Gasteiger partial charge in [0.2, 0.25) is 5.91 Å². The van der Waals surface area contributed by atoms with Crippen molar-refractivity contribution in [2.45, 2.75) is 78.2 Å². The summed E-state index contributed by atoms with van der Waals surface area (Å²) in [6, 6.07) is 0.0616. The lowest BCUT2D eigenvalue weighted by Crippen LogP contribution is -2.44. The first kappa shape index (κ1) is 17.0. The maximum atomic E-state index is 12.6. The van der Waals surface area contributed by atoms with Gasteiger partial charge in [-0.2, -0.15) is 0 Å². The highest BCUT2D eigenvalue weighted by atomic mass is 16.4. The number of amides is 1. The second-order valence-corrected chi connectivity index (χ2v) is 6.75. The molecular weight excluding hydrogens is 254 g/mol. The number of carboxylic acid groups (broad SMARTS) is 1. The number of carbonyl (C=O) groups is 2. The molecule has 0 heterocycles. The summed E-state index contributed by atoms with van der Waals surface area (Å²) >= 11 is 0. The molecule has 1 rings (SSSR count). The predicted molar refractivity (Wildman–Crippen MR) is 79.4 cm³/mol. The van der Waals surface area contributed by atoms with Crippen LogP contribution >= 0.6 is 0 Å². The molecule has 0 spiro atoms. The van der Waals surface area contributed by atoms with Crippen molar-refractivity contribution in [2.75, 3.05) is 0 Å². The number of nitrogens with one attached hydrogen (secondary N) is 1. The van der Waals surface area contributed by atoms with Gasteiger partial charge in [-0.3, -0.25) is 9.59 Å². The fourth-order valence-corrected chi connectivity index (χ4v) is 3.37. The molecule has 0 saturated heterocycles. The Labute approximate surface area is 122 Å². The molecule has 0 bridgehead atoms. The fraction of sp³-hybridized carbons (Fsp3) is 0.875. The van der Waals surface area contributed by atoms with E-state index < -0.39 is 5.97 Å². The number of carbonyl (C=O) groups excluding carboxylic acids is 1. The van der Waals surface area contributed by atoms with Crippen LogP contribution in [0.15, 0.2) is 0 Å². The van der Waals surface area contributed by atoms with Gasteiger partial charge in [-0.05, 0) is 44.9 Å². The normalized spacial score (nSPS) is 19.0. The molecule has 4 heteroatoms. The molecule has 1 atom stereocenters. The van der Waals surface area contributed by atoms with Crippen LogP contribution in [0, 0.1) is 11.3 Å². The van der Waals surface area contributed by atoms with Crippen molar-refractivity contribution in [1.29, 1.82) is 0 Å². The quantitative estimate of drug-likeness (QED) is 0.718. The van der Waals surface area contributed by atoms with Crippen LogP contribution in [0.5, 0.6) is 0 Å². The van der Waals surface area contributed by atoms with Crippen molar-refractivity contribution < 1.29 is 14.7 Å². The molecule has 1 aliphatic rings. The van der Waals surface area contributed by atoms with E-state index in [4.69, 9.17) is 5.11 Å². The third-order valence-electron chi connectivity index (χ3n) is 4.25. The highest BCUT2D eigenvalue weighted by Gasteiger charge is 2.41. The topological polar surface area (TPSA) is 66.4 Å². The van der Waals surface area contributed by atoms with Gasteiger partial charge in [0.25, 0.3) is 0 Å². The van der Waals surface area contributed by atoms with E-state index >= 15 is 0 Å². The van der Waals surface area contributed by atoms with Crippen LogP contribution in [0.25, 0.3) is 0 Å². The van der Waals surface area contributed by atoms with E-state index in [-0.39, 0.29) is 23.8 Å². The van der Waals surface area contributed by atoms with Crippen LogP contribution in [0.2, 0.25) is 0 Å². The summed E-state index contributed by atoms with van der Waals surface area (Å²) in [5.41, 5.74) is -0.171. The molecule has 1 aliphatic carbocycles. The largest absolute Gasteiger partial charge is 0.481 e. The van der Waals surface area contributed by atoms with Crippen molar-refractivity contribution in [2.24, 2.45) is 11.3 Å². The molecule has 0 aromatic rings. The number of rotatable bonds is 8. The zero-order valence-corrected chi connectivity index (χ0v) is 13.1. The zero-order chi connectivity index (χ0) is 15.2. The first-order chi connectivity index (χ1) is 9.35. The molecule has 116 valence electrons. The first-order valence-corrected chi connectivity index (χ1v) is 7.88. The second-order valence-electron chi connectivity index (χ2n) is 6.75. The van der Waals surface area contributed by atoms with E-state index in [1.165, 1.54) is 0 Å². The molecular formula is C16H29NO3. The predicted octanol–water partition coefficient (Wildman–Crippen LogP) is 3.35. The maximum Gasteiger partial charge on any atom is 0.303 e. The fourth-order valence-electron chi connectivity index (χ4n) is 3.37. The van der Waals surface area contributed by atoms with Crippen molar-refractivity contribution >= 4 is 11.9 Å². The van der Waals surface area contributed by atoms with Gasteiger partial charge < -0.3 is 10.4 Å². The van der Waals surface area contributed by atoms with E-state index in [2.05, 4.69) is 19.2 Å². The highest BCUT2D eigenvalue weighted by molar-refractivity contribution is 5.83. The van der Waals surface area contributed by atoms with Gasteiger partial charge in [0.1, 0.15) is 0 Å². The van der Waals surface area contributed by atoms with Crippen LogP contribution < -0.4 is 5.32 Å². The molecule has 20 heavy (non-hydrogen) atoms. The Kier molecular flexibility index (Phi) is 6.50. The molecule has 0 aromatic carbocycles. The number of hydrogen-bond acceptors (Lipinski definition) is 2. The van der Waals surface area contributed by atoms with E-state index in [1.807, 2.05) is 6.92 Å². The summed E-state index contributed by atoms with van der Waals surface area (Å²) in [7, 11) is 0. The molecule has 4 nitrogen and oxygen atoms in total. The van der Waals surface area contributed by atoms with Crippen molar-refractivity contribution in [3.05, 3.63) is 0 Å². The van der Waals surface area contributed by atoms with Gasteiger partial charge in [-0.25, -0.2) is 0 Å². The van der Waals surface area contributed by atoms with Crippen molar-refractivity contribution in [1.82, 2.24) is 5.32 Å². The van der Waals surface area contributed by atoms with Crippen LogP contribution in [0.3, 0.4) is 0 Å². The molecule has 0 radical (unpaired) electrons.